The number of allylic oxidation sites excluding steroid dienone is 1. The van der Waals surface area contributed by atoms with Crippen LogP contribution in [0.15, 0.2) is 29.4 Å². The van der Waals surface area contributed by atoms with Crippen LogP contribution >= 0.6 is 0 Å². The first-order valence-corrected chi connectivity index (χ1v) is 4.92. The van der Waals surface area contributed by atoms with E-state index >= 15 is 0 Å². The molecule has 5 heteroatoms. The van der Waals surface area contributed by atoms with Crippen molar-refractivity contribution >= 4 is 11.9 Å². The second-order valence-electron chi connectivity index (χ2n) is 3.48. The molecule has 0 aliphatic heterocycles. The van der Waals surface area contributed by atoms with Crippen molar-refractivity contribution in [3.63, 3.8) is 0 Å². The summed E-state index contributed by atoms with van der Waals surface area (Å²) in [7, 11) is 0. The van der Waals surface area contributed by atoms with Crippen molar-refractivity contribution < 1.29 is 4.39 Å². The van der Waals surface area contributed by atoms with Gasteiger partial charge < -0.3 is 11.5 Å². The highest BCUT2D eigenvalue weighted by molar-refractivity contribution is 5.82. The highest BCUT2D eigenvalue weighted by Gasteiger charge is 1.97. The van der Waals surface area contributed by atoms with Crippen molar-refractivity contribution in [2.75, 3.05) is 6.54 Å². The lowest BCUT2D eigenvalue weighted by molar-refractivity contribution is 0.621. The molecule has 0 saturated carbocycles. The Kier molecular flexibility index (Phi) is 4.60. The summed E-state index contributed by atoms with van der Waals surface area (Å²) in [6.45, 7) is 2.41. The van der Waals surface area contributed by atoms with E-state index in [-0.39, 0.29) is 11.9 Å². The van der Waals surface area contributed by atoms with Gasteiger partial charge in [0.05, 0.1) is 24.1 Å². The van der Waals surface area contributed by atoms with Crippen molar-refractivity contribution in [1.82, 2.24) is 4.98 Å². The van der Waals surface area contributed by atoms with E-state index < -0.39 is 0 Å². The fourth-order valence-electron chi connectivity index (χ4n) is 0.992. The third-order valence-corrected chi connectivity index (χ3v) is 1.78. The van der Waals surface area contributed by atoms with Crippen LogP contribution in [0.3, 0.4) is 0 Å². The van der Waals surface area contributed by atoms with Gasteiger partial charge in [0.1, 0.15) is 5.82 Å². The van der Waals surface area contributed by atoms with E-state index in [9.17, 15) is 4.39 Å². The molecule has 1 heterocycles. The van der Waals surface area contributed by atoms with Gasteiger partial charge >= 0.3 is 0 Å². The molecular weight excluding hydrogens is 207 g/mol. The molecule has 0 unspecified atom stereocenters. The molecular formula is C11H15FN4. The molecule has 1 aromatic rings. The molecule has 1 aromatic heterocycles. The normalized spacial score (nSPS) is 14.3. The summed E-state index contributed by atoms with van der Waals surface area (Å²) in [5.41, 5.74) is 12.2. The predicted molar refractivity (Wildman–Crippen MR) is 63.4 cm³/mol. The van der Waals surface area contributed by atoms with Gasteiger partial charge in [-0.15, -0.1) is 0 Å². The summed E-state index contributed by atoms with van der Waals surface area (Å²) >= 11 is 0. The average Bonchev–Trinajstić information content (AvgIpc) is 2.25. The number of hydrogen-bond acceptors (Lipinski definition) is 4. The summed E-state index contributed by atoms with van der Waals surface area (Å²) < 4.78 is 12.6. The van der Waals surface area contributed by atoms with Crippen LogP contribution in [0.1, 0.15) is 12.6 Å². The average molecular weight is 222 g/mol. The predicted octanol–water partition coefficient (Wildman–Crippen LogP) is 0.938. The minimum absolute atomic E-state index is 0.0230. The second-order valence-corrected chi connectivity index (χ2v) is 3.48. The molecule has 0 fully saturated rings. The van der Waals surface area contributed by atoms with E-state index in [2.05, 4.69) is 9.98 Å². The van der Waals surface area contributed by atoms with Crippen molar-refractivity contribution in [2.24, 2.45) is 16.5 Å². The zero-order chi connectivity index (χ0) is 12.0. The van der Waals surface area contributed by atoms with Gasteiger partial charge in [0.2, 0.25) is 0 Å². The van der Waals surface area contributed by atoms with Gasteiger partial charge in [-0.05, 0) is 25.1 Å². The van der Waals surface area contributed by atoms with Crippen LogP contribution < -0.4 is 11.5 Å². The monoisotopic (exact) mass is 222 g/mol. The molecule has 0 spiro atoms. The zero-order valence-corrected chi connectivity index (χ0v) is 9.10. The first-order valence-electron chi connectivity index (χ1n) is 4.92. The van der Waals surface area contributed by atoms with E-state index in [1.165, 1.54) is 12.1 Å². The summed E-state index contributed by atoms with van der Waals surface area (Å²) in [5, 5.41) is 0. The molecule has 0 bridgehead atoms. The first kappa shape index (κ1) is 12.3. The molecule has 4 N–H and O–H groups in total. The van der Waals surface area contributed by atoms with Crippen LogP contribution in [-0.4, -0.2) is 23.8 Å². The summed E-state index contributed by atoms with van der Waals surface area (Å²) in [6, 6.07) is 2.85. The van der Waals surface area contributed by atoms with Gasteiger partial charge in [0.25, 0.3) is 0 Å². The van der Waals surface area contributed by atoms with E-state index in [1.807, 2.05) is 6.92 Å². The van der Waals surface area contributed by atoms with Crippen LogP contribution in [0, 0.1) is 5.82 Å². The Morgan fingerprint density at radius 2 is 2.38 bits per heavy atom. The van der Waals surface area contributed by atoms with E-state index in [0.717, 1.165) is 6.20 Å². The van der Waals surface area contributed by atoms with Crippen molar-refractivity contribution in [3.8, 4) is 0 Å². The standard InChI is InChI=1S/C11H15FN4/c1-8(13)6-15-5-4-10(14)11-3-2-9(12)7-16-11/h2-5,7-8H,6,13-14H2,1H3/t8-/m0/s1. The Morgan fingerprint density at radius 1 is 1.62 bits per heavy atom. The van der Waals surface area contributed by atoms with E-state index in [1.54, 1.807) is 12.3 Å². The summed E-state index contributed by atoms with van der Waals surface area (Å²) in [6.07, 6.45) is 4.31. The Balaban J connectivity index is 2.63. The number of aliphatic imine (C=N–C) groups is 1. The zero-order valence-electron chi connectivity index (χ0n) is 9.10. The number of pyridine rings is 1. The maximum absolute atomic E-state index is 12.6. The lowest BCUT2D eigenvalue weighted by atomic mass is 10.2. The molecule has 0 aliphatic rings. The third-order valence-electron chi connectivity index (χ3n) is 1.78. The van der Waals surface area contributed by atoms with Crippen LogP contribution in [0.2, 0.25) is 0 Å². The molecule has 0 radical (unpaired) electrons. The number of rotatable bonds is 4. The molecule has 0 aliphatic carbocycles. The minimum atomic E-state index is -0.387. The molecule has 0 saturated heterocycles. The molecule has 1 atom stereocenters. The van der Waals surface area contributed by atoms with Crippen molar-refractivity contribution in [3.05, 3.63) is 35.9 Å². The number of hydrogen-bond donors (Lipinski definition) is 2. The summed E-state index contributed by atoms with van der Waals surface area (Å²) in [5.74, 6) is -0.387. The quantitative estimate of drug-likeness (QED) is 0.744. The fourth-order valence-corrected chi connectivity index (χ4v) is 0.992. The summed E-state index contributed by atoms with van der Waals surface area (Å²) in [4.78, 5) is 7.88. The van der Waals surface area contributed by atoms with Crippen LogP contribution in [0.4, 0.5) is 4.39 Å². The highest BCUT2D eigenvalue weighted by atomic mass is 19.1. The topological polar surface area (TPSA) is 77.3 Å². The Morgan fingerprint density at radius 3 is 2.94 bits per heavy atom. The Hall–Kier alpha value is -1.75. The number of nitrogens with zero attached hydrogens (tertiary/aromatic N) is 2. The maximum Gasteiger partial charge on any atom is 0.141 e. The van der Waals surface area contributed by atoms with Gasteiger partial charge in [-0.2, -0.15) is 0 Å². The van der Waals surface area contributed by atoms with Crippen LogP contribution in [0.25, 0.3) is 5.70 Å². The Labute approximate surface area is 93.9 Å². The molecule has 1 rings (SSSR count). The van der Waals surface area contributed by atoms with Gasteiger partial charge in [-0.3, -0.25) is 9.98 Å². The second kappa shape index (κ2) is 5.97. The molecule has 16 heavy (non-hydrogen) atoms. The molecule has 0 aromatic carbocycles. The third kappa shape index (κ3) is 4.18. The number of nitrogens with two attached hydrogens (primary N) is 2. The van der Waals surface area contributed by atoms with E-state index in [0.29, 0.717) is 17.9 Å². The minimum Gasteiger partial charge on any atom is -0.397 e. The van der Waals surface area contributed by atoms with Gasteiger partial charge in [0, 0.05) is 12.3 Å². The first-order chi connectivity index (χ1) is 7.59. The lowest BCUT2D eigenvalue weighted by Crippen LogP contribution is -2.18. The van der Waals surface area contributed by atoms with Crippen molar-refractivity contribution in [2.45, 2.75) is 13.0 Å². The largest absolute Gasteiger partial charge is 0.397 e. The highest BCUT2D eigenvalue weighted by Crippen LogP contribution is 2.04. The van der Waals surface area contributed by atoms with Crippen LogP contribution in [-0.2, 0) is 0 Å². The number of aromatic nitrogens is 1. The van der Waals surface area contributed by atoms with Crippen molar-refractivity contribution in [1.29, 1.82) is 0 Å². The lowest BCUT2D eigenvalue weighted by Gasteiger charge is -1.99. The molecule has 86 valence electrons. The SMILES string of the molecule is C[C@H](N)CN=CC=C(N)c1ccc(F)cn1. The smallest absolute Gasteiger partial charge is 0.141 e. The van der Waals surface area contributed by atoms with E-state index in [4.69, 9.17) is 11.5 Å². The van der Waals surface area contributed by atoms with Gasteiger partial charge in [-0.25, -0.2) is 4.39 Å². The molecule has 0 amide bonds. The fraction of sp³-hybridized carbons (Fsp3) is 0.273. The maximum atomic E-state index is 12.6. The Bertz CT molecular complexity index is 381. The molecule has 4 nitrogen and oxygen atoms in total. The van der Waals surface area contributed by atoms with Crippen LogP contribution in [0.5, 0.6) is 0 Å². The number of halogens is 1. The van der Waals surface area contributed by atoms with Gasteiger partial charge in [0.15, 0.2) is 0 Å². The van der Waals surface area contributed by atoms with Gasteiger partial charge in [-0.1, -0.05) is 0 Å².